The minimum atomic E-state index is -0.0673. The van der Waals surface area contributed by atoms with Gasteiger partial charge in [0.1, 0.15) is 0 Å². The topological polar surface area (TPSA) is 29.1 Å². The molecule has 0 spiro atoms. The molecule has 1 aromatic heterocycles. The minimum Gasteiger partial charge on any atom is -0.321 e. The van der Waals surface area contributed by atoms with Gasteiger partial charge < -0.3 is 5.32 Å². The third kappa shape index (κ3) is 4.08. The third-order valence-electron chi connectivity index (χ3n) is 2.60. The predicted octanol–water partition coefficient (Wildman–Crippen LogP) is 4.85. The van der Waals surface area contributed by atoms with Gasteiger partial charge >= 0.3 is 0 Å². The van der Waals surface area contributed by atoms with Gasteiger partial charge in [-0.15, -0.1) is 11.3 Å². The van der Waals surface area contributed by atoms with Gasteiger partial charge in [0, 0.05) is 15.6 Å². The van der Waals surface area contributed by atoms with Gasteiger partial charge in [-0.05, 0) is 48.7 Å². The van der Waals surface area contributed by atoms with Crippen LogP contribution in [0.25, 0.3) is 0 Å². The number of thiophene rings is 1. The molecule has 1 amide bonds. The van der Waals surface area contributed by atoms with E-state index in [1.54, 1.807) is 35.6 Å². The molecule has 1 aromatic carbocycles. The van der Waals surface area contributed by atoms with E-state index in [-0.39, 0.29) is 5.91 Å². The van der Waals surface area contributed by atoms with Crippen LogP contribution in [0.5, 0.6) is 0 Å². The number of carbonyl (C=O) groups excluding carboxylic acids is 1. The maximum atomic E-state index is 12.1. The van der Waals surface area contributed by atoms with Crippen LogP contribution in [0.3, 0.4) is 0 Å². The molecule has 0 aliphatic heterocycles. The molecule has 0 atom stereocenters. The number of anilines is 1. The number of nitrogens with one attached hydrogen (secondary N) is 1. The van der Waals surface area contributed by atoms with Crippen molar-refractivity contribution in [3.8, 4) is 0 Å². The van der Waals surface area contributed by atoms with Crippen LogP contribution in [0.2, 0.25) is 5.02 Å². The van der Waals surface area contributed by atoms with E-state index in [2.05, 4.69) is 19.2 Å². The average molecular weight is 294 g/mol. The molecular formula is C15H16ClNOS. The average Bonchev–Trinajstić information content (AvgIpc) is 2.80. The molecule has 2 nitrogen and oxygen atoms in total. The Balaban J connectivity index is 2.03. The second-order valence-electron chi connectivity index (χ2n) is 4.82. The Morgan fingerprint density at radius 2 is 1.89 bits per heavy atom. The lowest BCUT2D eigenvalue weighted by Gasteiger charge is -2.03. The molecule has 4 heteroatoms. The fourth-order valence-electron chi connectivity index (χ4n) is 1.74. The third-order valence-corrected chi connectivity index (χ3v) is 3.96. The Hall–Kier alpha value is -1.32. The molecule has 0 unspecified atom stereocenters. The van der Waals surface area contributed by atoms with Crippen molar-refractivity contribution in [2.24, 2.45) is 5.92 Å². The van der Waals surface area contributed by atoms with Gasteiger partial charge in [0.25, 0.3) is 5.91 Å². The molecule has 0 saturated carbocycles. The molecule has 1 heterocycles. The highest BCUT2D eigenvalue weighted by Crippen LogP contribution is 2.21. The first-order valence-electron chi connectivity index (χ1n) is 6.20. The Kier molecular flexibility index (Phi) is 4.61. The second-order valence-corrected chi connectivity index (χ2v) is 6.43. The highest BCUT2D eigenvalue weighted by Gasteiger charge is 2.10. The molecule has 19 heavy (non-hydrogen) atoms. The van der Waals surface area contributed by atoms with Crippen molar-refractivity contribution in [1.29, 1.82) is 0 Å². The van der Waals surface area contributed by atoms with Crippen LogP contribution in [0.1, 0.15) is 28.4 Å². The van der Waals surface area contributed by atoms with Crippen LogP contribution in [-0.2, 0) is 6.42 Å². The van der Waals surface area contributed by atoms with E-state index in [0.717, 1.165) is 17.0 Å². The van der Waals surface area contributed by atoms with Crippen molar-refractivity contribution >= 4 is 34.5 Å². The van der Waals surface area contributed by atoms with Crippen LogP contribution >= 0.6 is 22.9 Å². The number of hydrogen-bond donors (Lipinski definition) is 1. The van der Waals surface area contributed by atoms with Crippen LogP contribution in [0, 0.1) is 5.92 Å². The summed E-state index contributed by atoms with van der Waals surface area (Å²) in [6.07, 6.45) is 1.01. The van der Waals surface area contributed by atoms with Crippen LogP contribution in [0.15, 0.2) is 36.4 Å². The highest BCUT2D eigenvalue weighted by atomic mass is 35.5. The van der Waals surface area contributed by atoms with Crippen molar-refractivity contribution in [3.63, 3.8) is 0 Å². The van der Waals surface area contributed by atoms with E-state index in [4.69, 9.17) is 11.6 Å². The predicted molar refractivity (Wildman–Crippen MR) is 82.3 cm³/mol. The lowest BCUT2D eigenvalue weighted by atomic mass is 10.1. The lowest BCUT2D eigenvalue weighted by molar-refractivity contribution is 0.103. The maximum Gasteiger partial charge on any atom is 0.265 e. The van der Waals surface area contributed by atoms with Crippen molar-refractivity contribution in [3.05, 3.63) is 51.2 Å². The zero-order chi connectivity index (χ0) is 13.8. The van der Waals surface area contributed by atoms with E-state index in [1.165, 1.54) is 4.88 Å². The monoisotopic (exact) mass is 293 g/mol. The summed E-state index contributed by atoms with van der Waals surface area (Å²) in [6.45, 7) is 4.35. The molecular weight excluding hydrogens is 278 g/mol. The lowest BCUT2D eigenvalue weighted by Crippen LogP contribution is -2.09. The van der Waals surface area contributed by atoms with E-state index >= 15 is 0 Å². The van der Waals surface area contributed by atoms with Crippen molar-refractivity contribution in [1.82, 2.24) is 0 Å². The fraction of sp³-hybridized carbons (Fsp3) is 0.267. The summed E-state index contributed by atoms with van der Waals surface area (Å²) in [7, 11) is 0. The van der Waals surface area contributed by atoms with E-state index in [9.17, 15) is 4.79 Å². The molecule has 0 radical (unpaired) electrons. The van der Waals surface area contributed by atoms with Gasteiger partial charge in [0.05, 0.1) is 4.88 Å². The Morgan fingerprint density at radius 3 is 2.53 bits per heavy atom. The summed E-state index contributed by atoms with van der Waals surface area (Å²) in [4.78, 5) is 14.1. The summed E-state index contributed by atoms with van der Waals surface area (Å²) in [5.41, 5.74) is 0.758. The molecule has 100 valence electrons. The number of carbonyl (C=O) groups is 1. The molecule has 0 fully saturated rings. The molecule has 0 aliphatic rings. The number of amides is 1. The zero-order valence-corrected chi connectivity index (χ0v) is 12.5. The Morgan fingerprint density at radius 1 is 1.21 bits per heavy atom. The molecule has 0 saturated heterocycles. The number of hydrogen-bond acceptors (Lipinski definition) is 2. The second kappa shape index (κ2) is 6.22. The molecule has 2 aromatic rings. The van der Waals surface area contributed by atoms with Gasteiger partial charge in [-0.2, -0.15) is 0 Å². The fourth-order valence-corrected chi connectivity index (χ4v) is 2.98. The van der Waals surface area contributed by atoms with Gasteiger partial charge in [0.15, 0.2) is 0 Å². The van der Waals surface area contributed by atoms with Gasteiger partial charge in [-0.3, -0.25) is 4.79 Å². The first-order chi connectivity index (χ1) is 9.04. The zero-order valence-electron chi connectivity index (χ0n) is 10.9. The summed E-state index contributed by atoms with van der Waals surface area (Å²) in [5, 5.41) is 3.53. The number of rotatable bonds is 4. The standard InChI is InChI=1S/C15H16ClNOS/c1-10(2)9-13-7-8-14(19-13)15(18)17-12-5-3-11(16)4-6-12/h3-8,10H,9H2,1-2H3,(H,17,18). The summed E-state index contributed by atoms with van der Waals surface area (Å²) in [5.74, 6) is 0.535. The largest absolute Gasteiger partial charge is 0.321 e. The van der Waals surface area contributed by atoms with Crippen molar-refractivity contribution < 1.29 is 4.79 Å². The van der Waals surface area contributed by atoms with Crippen LogP contribution < -0.4 is 5.32 Å². The van der Waals surface area contributed by atoms with E-state index in [1.807, 2.05) is 12.1 Å². The summed E-state index contributed by atoms with van der Waals surface area (Å²) in [6, 6.07) is 11.0. The first kappa shape index (κ1) is 14.1. The number of benzene rings is 1. The van der Waals surface area contributed by atoms with Crippen molar-refractivity contribution in [2.75, 3.05) is 5.32 Å². The summed E-state index contributed by atoms with van der Waals surface area (Å²) < 4.78 is 0. The maximum absolute atomic E-state index is 12.1. The Bertz CT molecular complexity index is 560. The van der Waals surface area contributed by atoms with Crippen LogP contribution in [-0.4, -0.2) is 5.91 Å². The highest BCUT2D eigenvalue weighted by molar-refractivity contribution is 7.14. The number of halogens is 1. The van der Waals surface area contributed by atoms with Gasteiger partial charge in [-0.25, -0.2) is 0 Å². The van der Waals surface area contributed by atoms with Gasteiger partial charge in [-0.1, -0.05) is 25.4 Å². The van der Waals surface area contributed by atoms with Gasteiger partial charge in [0.2, 0.25) is 0 Å². The normalized spacial score (nSPS) is 10.7. The quantitative estimate of drug-likeness (QED) is 0.857. The molecule has 0 bridgehead atoms. The summed E-state index contributed by atoms with van der Waals surface area (Å²) >= 11 is 7.36. The smallest absolute Gasteiger partial charge is 0.265 e. The first-order valence-corrected chi connectivity index (χ1v) is 7.39. The SMILES string of the molecule is CC(C)Cc1ccc(C(=O)Nc2ccc(Cl)cc2)s1. The minimum absolute atomic E-state index is 0.0673. The molecule has 2 rings (SSSR count). The van der Waals surface area contributed by atoms with E-state index < -0.39 is 0 Å². The molecule has 1 N–H and O–H groups in total. The molecule has 0 aliphatic carbocycles. The van der Waals surface area contributed by atoms with Crippen LogP contribution in [0.4, 0.5) is 5.69 Å². The Labute approximate surface area is 122 Å². The van der Waals surface area contributed by atoms with Crippen molar-refractivity contribution in [2.45, 2.75) is 20.3 Å². The van der Waals surface area contributed by atoms with E-state index in [0.29, 0.717) is 10.9 Å².